The van der Waals surface area contributed by atoms with Crippen LogP contribution in [0.25, 0.3) is 0 Å². The van der Waals surface area contributed by atoms with Gasteiger partial charge in [0, 0.05) is 12.0 Å². The second kappa shape index (κ2) is 6.99. The zero-order chi connectivity index (χ0) is 14.3. The number of ether oxygens (including phenoxy) is 1. The lowest BCUT2D eigenvalue weighted by Crippen LogP contribution is -2.34. The van der Waals surface area contributed by atoms with E-state index in [1.165, 1.54) is 5.56 Å². The molecular formula is C14H23N3O2. The van der Waals surface area contributed by atoms with Gasteiger partial charge in [-0.15, -0.1) is 0 Å². The summed E-state index contributed by atoms with van der Waals surface area (Å²) >= 11 is 0. The first kappa shape index (κ1) is 15.3. The molecule has 106 valence electrons. The Kier molecular flexibility index (Phi) is 5.63. The molecule has 0 unspecified atom stereocenters. The largest absolute Gasteiger partial charge is 0.497 e. The van der Waals surface area contributed by atoms with Crippen LogP contribution in [0.4, 0.5) is 0 Å². The third-order valence-electron chi connectivity index (χ3n) is 3.19. The van der Waals surface area contributed by atoms with Gasteiger partial charge >= 0.3 is 0 Å². The van der Waals surface area contributed by atoms with Gasteiger partial charge in [0.2, 0.25) is 0 Å². The molecule has 0 aromatic heterocycles. The van der Waals surface area contributed by atoms with Gasteiger partial charge in [0.05, 0.1) is 7.11 Å². The Morgan fingerprint density at radius 3 is 2.84 bits per heavy atom. The average Bonchev–Trinajstić information content (AvgIpc) is 2.43. The zero-order valence-corrected chi connectivity index (χ0v) is 11.8. The molecule has 0 aliphatic heterocycles. The second-order valence-corrected chi connectivity index (χ2v) is 5.15. The maximum atomic E-state index is 8.69. The molecule has 0 saturated heterocycles. The lowest BCUT2D eigenvalue weighted by Gasteiger charge is -2.22. The van der Waals surface area contributed by atoms with E-state index in [0.29, 0.717) is 0 Å². The van der Waals surface area contributed by atoms with E-state index in [1.54, 1.807) is 7.11 Å². The lowest BCUT2D eigenvalue weighted by atomic mass is 9.88. The first-order valence-electron chi connectivity index (χ1n) is 6.31. The summed E-state index contributed by atoms with van der Waals surface area (Å²) in [5, 5.41) is 15.1. The van der Waals surface area contributed by atoms with Gasteiger partial charge in [0.25, 0.3) is 0 Å². The molecule has 0 fully saturated rings. The van der Waals surface area contributed by atoms with Crippen LogP contribution >= 0.6 is 0 Å². The SMILES string of the molecule is COc1cccc(CNCCC(C)(C)C(N)=NO)c1. The van der Waals surface area contributed by atoms with Crippen molar-refractivity contribution in [1.29, 1.82) is 0 Å². The Morgan fingerprint density at radius 1 is 1.47 bits per heavy atom. The van der Waals surface area contributed by atoms with Crippen molar-refractivity contribution in [2.24, 2.45) is 16.3 Å². The third-order valence-corrected chi connectivity index (χ3v) is 3.19. The van der Waals surface area contributed by atoms with Crippen LogP contribution in [0.2, 0.25) is 0 Å². The number of hydrogen-bond donors (Lipinski definition) is 3. The molecule has 19 heavy (non-hydrogen) atoms. The van der Waals surface area contributed by atoms with Crippen molar-refractivity contribution in [1.82, 2.24) is 5.32 Å². The first-order chi connectivity index (χ1) is 8.99. The molecule has 0 atom stereocenters. The zero-order valence-electron chi connectivity index (χ0n) is 11.8. The Morgan fingerprint density at radius 2 is 2.21 bits per heavy atom. The minimum Gasteiger partial charge on any atom is -0.497 e. The Hall–Kier alpha value is -1.75. The van der Waals surface area contributed by atoms with Crippen LogP contribution in [0.15, 0.2) is 29.4 Å². The van der Waals surface area contributed by atoms with Crippen LogP contribution in [0, 0.1) is 5.41 Å². The highest BCUT2D eigenvalue weighted by Gasteiger charge is 2.22. The van der Waals surface area contributed by atoms with Crippen molar-refractivity contribution in [3.63, 3.8) is 0 Å². The Balaban J connectivity index is 2.38. The van der Waals surface area contributed by atoms with Gasteiger partial charge in [-0.05, 0) is 30.7 Å². The van der Waals surface area contributed by atoms with Crippen molar-refractivity contribution in [3.05, 3.63) is 29.8 Å². The molecule has 1 aromatic carbocycles. The molecule has 1 aromatic rings. The van der Waals surface area contributed by atoms with E-state index < -0.39 is 0 Å². The van der Waals surface area contributed by atoms with Gasteiger partial charge in [0.15, 0.2) is 0 Å². The molecule has 0 radical (unpaired) electrons. The molecule has 0 saturated carbocycles. The Labute approximate surface area is 114 Å². The monoisotopic (exact) mass is 265 g/mol. The molecule has 0 heterocycles. The lowest BCUT2D eigenvalue weighted by molar-refractivity contribution is 0.305. The second-order valence-electron chi connectivity index (χ2n) is 5.15. The van der Waals surface area contributed by atoms with Gasteiger partial charge in [-0.1, -0.05) is 31.1 Å². The summed E-state index contributed by atoms with van der Waals surface area (Å²) in [7, 11) is 1.66. The summed E-state index contributed by atoms with van der Waals surface area (Å²) in [6, 6.07) is 7.94. The average molecular weight is 265 g/mol. The molecule has 0 aliphatic carbocycles. The van der Waals surface area contributed by atoms with Crippen LogP contribution in [-0.4, -0.2) is 24.7 Å². The van der Waals surface area contributed by atoms with Gasteiger partial charge in [-0.3, -0.25) is 0 Å². The molecule has 0 spiro atoms. The first-order valence-corrected chi connectivity index (χ1v) is 6.31. The topological polar surface area (TPSA) is 79.9 Å². The summed E-state index contributed by atoms with van der Waals surface area (Å²) in [5.41, 5.74) is 6.50. The van der Waals surface area contributed by atoms with E-state index in [1.807, 2.05) is 38.1 Å². The van der Waals surface area contributed by atoms with Gasteiger partial charge < -0.3 is 21.0 Å². The van der Waals surface area contributed by atoms with Crippen LogP contribution < -0.4 is 15.8 Å². The van der Waals surface area contributed by atoms with Crippen molar-refractivity contribution in [2.75, 3.05) is 13.7 Å². The van der Waals surface area contributed by atoms with Gasteiger partial charge in [-0.2, -0.15) is 0 Å². The number of methoxy groups -OCH3 is 1. The Bertz CT molecular complexity index is 430. The number of oxime groups is 1. The minimum atomic E-state index is -0.309. The molecule has 5 heteroatoms. The molecule has 5 nitrogen and oxygen atoms in total. The molecule has 1 rings (SSSR count). The molecule has 0 aliphatic rings. The van der Waals surface area contributed by atoms with Crippen molar-refractivity contribution in [2.45, 2.75) is 26.8 Å². The number of amidine groups is 1. The molecule has 0 amide bonds. The standard InChI is InChI=1S/C14H23N3O2/c1-14(2,13(15)17-18)7-8-16-10-11-5-4-6-12(9-11)19-3/h4-6,9,16,18H,7-8,10H2,1-3H3,(H2,15,17). The molecular weight excluding hydrogens is 242 g/mol. The van der Waals surface area contributed by atoms with Crippen LogP contribution in [0.5, 0.6) is 5.75 Å². The number of nitrogens with zero attached hydrogens (tertiary/aromatic N) is 1. The highest BCUT2D eigenvalue weighted by molar-refractivity contribution is 5.85. The predicted molar refractivity (Wildman–Crippen MR) is 76.5 cm³/mol. The van der Waals surface area contributed by atoms with E-state index in [2.05, 4.69) is 10.5 Å². The van der Waals surface area contributed by atoms with Crippen molar-refractivity contribution in [3.8, 4) is 5.75 Å². The van der Waals surface area contributed by atoms with Crippen LogP contribution in [0.1, 0.15) is 25.8 Å². The summed E-state index contributed by atoms with van der Waals surface area (Å²) in [4.78, 5) is 0. The van der Waals surface area contributed by atoms with Crippen LogP contribution in [0.3, 0.4) is 0 Å². The van der Waals surface area contributed by atoms with Crippen molar-refractivity contribution < 1.29 is 9.94 Å². The van der Waals surface area contributed by atoms with E-state index in [0.717, 1.165) is 25.3 Å². The number of benzene rings is 1. The summed E-state index contributed by atoms with van der Waals surface area (Å²) < 4.78 is 5.17. The maximum Gasteiger partial charge on any atom is 0.144 e. The summed E-state index contributed by atoms with van der Waals surface area (Å²) in [6.07, 6.45) is 0.798. The molecule has 4 N–H and O–H groups in total. The number of rotatable bonds is 7. The predicted octanol–water partition coefficient (Wildman–Crippen LogP) is 1.95. The number of hydrogen-bond acceptors (Lipinski definition) is 4. The van der Waals surface area contributed by atoms with E-state index in [-0.39, 0.29) is 11.3 Å². The van der Waals surface area contributed by atoms with Gasteiger partial charge in [-0.25, -0.2) is 0 Å². The van der Waals surface area contributed by atoms with Crippen molar-refractivity contribution >= 4 is 5.84 Å². The minimum absolute atomic E-state index is 0.260. The summed E-state index contributed by atoms with van der Waals surface area (Å²) in [6.45, 7) is 5.47. The number of nitrogens with two attached hydrogens (primary N) is 1. The smallest absolute Gasteiger partial charge is 0.144 e. The highest BCUT2D eigenvalue weighted by Crippen LogP contribution is 2.19. The van der Waals surface area contributed by atoms with Crippen LogP contribution in [-0.2, 0) is 6.54 Å². The quantitative estimate of drug-likeness (QED) is 0.231. The third kappa shape index (κ3) is 4.79. The van der Waals surface area contributed by atoms with E-state index >= 15 is 0 Å². The summed E-state index contributed by atoms with van der Waals surface area (Å²) in [5.74, 6) is 1.12. The van der Waals surface area contributed by atoms with E-state index in [4.69, 9.17) is 15.7 Å². The highest BCUT2D eigenvalue weighted by atomic mass is 16.5. The fraction of sp³-hybridized carbons (Fsp3) is 0.500. The fourth-order valence-corrected chi connectivity index (χ4v) is 1.68. The maximum absolute atomic E-state index is 8.69. The molecule has 0 bridgehead atoms. The number of nitrogens with one attached hydrogen (secondary N) is 1. The van der Waals surface area contributed by atoms with E-state index in [9.17, 15) is 0 Å². The fourth-order valence-electron chi connectivity index (χ4n) is 1.68. The van der Waals surface area contributed by atoms with Gasteiger partial charge in [0.1, 0.15) is 11.6 Å². The normalized spacial score (nSPS) is 12.5.